The van der Waals surface area contributed by atoms with Gasteiger partial charge in [-0.1, -0.05) is 54.6 Å². The van der Waals surface area contributed by atoms with Gasteiger partial charge in [-0.25, -0.2) is 13.2 Å². The number of ether oxygens (including phenoxy) is 5. The third-order valence-electron chi connectivity index (χ3n) is 16.6. The van der Waals surface area contributed by atoms with Crippen LogP contribution in [0.2, 0.25) is 0 Å². The molecule has 10 aromatic rings. The Morgan fingerprint density at radius 3 is 1.12 bits per heavy atom. The van der Waals surface area contributed by atoms with Crippen molar-refractivity contribution < 1.29 is 76.4 Å². The van der Waals surface area contributed by atoms with E-state index >= 15 is 4.39 Å². The van der Waals surface area contributed by atoms with Gasteiger partial charge in [0, 0.05) is 17.2 Å². The smallest absolute Gasteiger partial charge is 0.416 e. The van der Waals surface area contributed by atoms with Gasteiger partial charge in [-0.2, -0.15) is 54.9 Å². The highest BCUT2D eigenvalue weighted by molar-refractivity contribution is 5.80. The molecule has 0 atom stereocenters. The molecule has 100 heavy (non-hydrogen) atoms. The number of benzene rings is 10. The maximum atomic E-state index is 15.0. The molecule has 10 aromatic carbocycles. The third kappa shape index (κ3) is 17.2. The van der Waals surface area contributed by atoms with E-state index in [1.165, 1.54) is 60.7 Å². The molecule has 0 saturated carbocycles. The van der Waals surface area contributed by atoms with Gasteiger partial charge in [-0.15, -0.1) is 0 Å². The van der Waals surface area contributed by atoms with Gasteiger partial charge in [0.1, 0.15) is 79.2 Å². The van der Waals surface area contributed by atoms with Crippen LogP contribution in [0, 0.1) is 86.7 Å². The van der Waals surface area contributed by atoms with Crippen molar-refractivity contribution in [3.05, 3.63) is 294 Å². The standard InChI is InChI=1S/C78H71F12N5O5/c1-45-27-64(98-42-57-16-14-19-62(79)38-57)28-46(2)71(45)91-94(74-51(7)33-68(34-52(74)8)99-43-58-17-11-12-20-69(58)78(88,89)90)95(75-53(9)35-67(36-54(75)10)97-41-56-15-13-18-61(37-56)77(85,86)87)93(92-72-47(3)29-65(30-48(72)4)100-44-59-23-26-63(80)39-70(59)81)73-49(5)31-66(32-50(73)6)96-40-55-21-24-60(25-22-55)76(82,83)84/h11-39,91-92H,40-44H2,1-10H3. The fourth-order valence-corrected chi connectivity index (χ4v) is 11.9. The average molecular weight is 1390 g/mol. The number of aryl methyl sites for hydroxylation is 10. The molecule has 10 rings (SSSR count). The van der Waals surface area contributed by atoms with Crippen molar-refractivity contribution in [2.24, 2.45) is 0 Å². The number of rotatable bonds is 24. The highest BCUT2D eigenvalue weighted by Gasteiger charge is 2.37. The van der Waals surface area contributed by atoms with Crippen LogP contribution in [0.5, 0.6) is 28.7 Å². The van der Waals surface area contributed by atoms with Gasteiger partial charge in [0.25, 0.3) is 0 Å². The molecule has 0 fully saturated rings. The lowest BCUT2D eigenvalue weighted by atomic mass is 10.1. The molecule has 0 spiro atoms. The molecule has 0 radical (unpaired) electrons. The van der Waals surface area contributed by atoms with Crippen LogP contribution < -0.4 is 49.9 Å². The molecule has 522 valence electrons. The molecule has 0 heterocycles. The first-order valence-electron chi connectivity index (χ1n) is 31.6. The van der Waals surface area contributed by atoms with E-state index in [1.54, 1.807) is 84.7 Å². The zero-order valence-corrected chi connectivity index (χ0v) is 56.2. The molecule has 0 aliphatic carbocycles. The lowest BCUT2D eigenvalue weighted by Gasteiger charge is -2.48. The Morgan fingerprint density at radius 1 is 0.310 bits per heavy atom. The van der Waals surface area contributed by atoms with Gasteiger partial charge < -0.3 is 23.7 Å². The second-order valence-corrected chi connectivity index (χ2v) is 24.6. The van der Waals surface area contributed by atoms with E-state index < -0.39 is 59.3 Å². The van der Waals surface area contributed by atoms with Crippen molar-refractivity contribution >= 4 is 28.4 Å². The van der Waals surface area contributed by atoms with Gasteiger partial charge in [0.05, 0.1) is 45.1 Å². The largest absolute Gasteiger partial charge is 0.489 e. The minimum atomic E-state index is -4.67. The van der Waals surface area contributed by atoms with Crippen LogP contribution in [0.25, 0.3) is 0 Å². The van der Waals surface area contributed by atoms with E-state index in [2.05, 4.69) is 10.9 Å². The lowest BCUT2D eigenvalue weighted by Crippen LogP contribution is -2.60. The fraction of sp³-hybridized carbons (Fsp3) is 0.231. The number of hydrogen-bond donors (Lipinski definition) is 2. The van der Waals surface area contributed by atoms with Gasteiger partial charge in [-0.05, 0) is 257 Å². The highest BCUT2D eigenvalue weighted by Crippen LogP contribution is 2.44. The fourth-order valence-electron chi connectivity index (χ4n) is 11.9. The van der Waals surface area contributed by atoms with Gasteiger partial charge in [0.2, 0.25) is 0 Å². The lowest BCUT2D eigenvalue weighted by molar-refractivity contribution is -0.139. The number of nitrogens with one attached hydrogen (secondary N) is 2. The SMILES string of the molecule is Cc1cc(OCc2ccc(F)cc2F)cc(C)c1NN(c1c(C)cc(OCc2ccc(C(F)(F)F)cc2)cc1C)N(c1c(C)cc(OCc2cccc(C(F)(F)F)c2)cc1C)N(Nc1c(C)cc(OCc2cccc(F)c2)cc1C)c1c(C)cc(OCc2ccccc2C(F)(F)F)cc1C. The summed E-state index contributed by atoms with van der Waals surface area (Å²) in [5, 5.41) is 5.41. The normalized spacial score (nSPS) is 11.7. The van der Waals surface area contributed by atoms with Crippen LogP contribution in [0.15, 0.2) is 176 Å². The van der Waals surface area contributed by atoms with E-state index in [1.807, 2.05) is 72.6 Å². The number of anilines is 5. The van der Waals surface area contributed by atoms with E-state index in [9.17, 15) is 48.3 Å². The van der Waals surface area contributed by atoms with Crippen LogP contribution in [0.1, 0.15) is 100 Å². The summed E-state index contributed by atoms with van der Waals surface area (Å²) < 4.78 is 201. The number of hydrogen-bond acceptors (Lipinski definition) is 10. The second-order valence-electron chi connectivity index (χ2n) is 24.6. The topological polar surface area (TPSA) is 79.9 Å². The molecule has 0 aromatic heterocycles. The monoisotopic (exact) mass is 1390 g/mol. The first kappa shape index (κ1) is 72.1. The van der Waals surface area contributed by atoms with E-state index in [0.717, 1.165) is 42.5 Å². The summed E-state index contributed by atoms with van der Waals surface area (Å²) in [6.07, 6.45) is -13.8. The summed E-state index contributed by atoms with van der Waals surface area (Å²) in [6.45, 7) is 17.3. The average Bonchev–Trinajstić information content (AvgIpc) is 0.744. The van der Waals surface area contributed by atoms with Crippen LogP contribution in [0.4, 0.5) is 81.1 Å². The van der Waals surface area contributed by atoms with E-state index in [4.69, 9.17) is 23.7 Å². The minimum absolute atomic E-state index is 0.0348. The molecule has 0 unspecified atom stereocenters. The van der Waals surface area contributed by atoms with Crippen molar-refractivity contribution in [3.63, 3.8) is 0 Å². The van der Waals surface area contributed by atoms with Gasteiger partial charge >= 0.3 is 18.5 Å². The number of alkyl halides is 9. The second kappa shape index (κ2) is 29.8. The van der Waals surface area contributed by atoms with Gasteiger partial charge in [0.15, 0.2) is 0 Å². The van der Waals surface area contributed by atoms with Crippen molar-refractivity contribution in [3.8, 4) is 28.7 Å². The third-order valence-corrected chi connectivity index (χ3v) is 16.6. The summed E-state index contributed by atoms with van der Waals surface area (Å²) in [5.41, 5.74) is 14.7. The Hall–Kier alpha value is -10.6. The summed E-state index contributed by atoms with van der Waals surface area (Å²) in [7, 11) is 0. The van der Waals surface area contributed by atoms with Crippen molar-refractivity contribution in [2.75, 3.05) is 26.2 Å². The van der Waals surface area contributed by atoms with E-state index in [0.29, 0.717) is 118 Å². The molecule has 22 heteroatoms. The van der Waals surface area contributed by atoms with Crippen LogP contribution in [0.3, 0.4) is 0 Å². The summed E-state index contributed by atoms with van der Waals surface area (Å²) in [6, 6.07) is 41.3. The number of halogens is 12. The van der Waals surface area contributed by atoms with Crippen molar-refractivity contribution in [1.29, 1.82) is 0 Å². The Balaban J connectivity index is 1.18. The minimum Gasteiger partial charge on any atom is -0.489 e. The zero-order chi connectivity index (χ0) is 72.1. The molecular weight excluding hydrogens is 1310 g/mol. The Labute approximate surface area is 571 Å². The molecule has 0 aliphatic heterocycles. The highest BCUT2D eigenvalue weighted by atomic mass is 19.4. The van der Waals surface area contributed by atoms with Crippen LogP contribution in [-0.4, -0.2) is 0 Å². The Kier molecular flexibility index (Phi) is 21.5. The molecule has 0 amide bonds. The number of hydrazine groups is 4. The first-order valence-corrected chi connectivity index (χ1v) is 31.6. The Bertz CT molecular complexity index is 4500. The van der Waals surface area contributed by atoms with Gasteiger partial charge in [-0.3, -0.25) is 10.9 Å². The zero-order valence-electron chi connectivity index (χ0n) is 56.2. The molecule has 2 N–H and O–H groups in total. The molecule has 0 bridgehead atoms. The van der Waals surface area contributed by atoms with Crippen LogP contribution in [-0.2, 0) is 51.6 Å². The predicted octanol–water partition coefficient (Wildman–Crippen LogP) is 21.8. The van der Waals surface area contributed by atoms with Crippen molar-refractivity contribution in [2.45, 2.75) is 121 Å². The Morgan fingerprint density at radius 2 is 0.690 bits per heavy atom. The predicted molar refractivity (Wildman–Crippen MR) is 363 cm³/mol. The summed E-state index contributed by atoms with van der Waals surface area (Å²) >= 11 is 0. The summed E-state index contributed by atoms with van der Waals surface area (Å²) in [5.74, 6) is -0.300. The number of nitrogens with zero attached hydrogens (tertiary/aromatic N) is 3. The molecule has 0 aliphatic rings. The van der Waals surface area contributed by atoms with Crippen molar-refractivity contribution in [1.82, 2.24) is 0 Å². The van der Waals surface area contributed by atoms with E-state index in [-0.39, 0.29) is 48.9 Å². The quantitative estimate of drug-likeness (QED) is 0.0451. The maximum Gasteiger partial charge on any atom is 0.416 e. The first-order chi connectivity index (χ1) is 47.3. The molecule has 10 nitrogen and oxygen atoms in total. The summed E-state index contributed by atoms with van der Waals surface area (Å²) in [4.78, 5) is 0. The maximum absolute atomic E-state index is 15.0. The molecular formula is C78H71F12N5O5. The van der Waals surface area contributed by atoms with Crippen LogP contribution >= 0.6 is 0 Å². The molecule has 0 saturated heterocycles.